The van der Waals surface area contributed by atoms with Crippen molar-refractivity contribution in [2.45, 2.75) is 13.5 Å². The smallest absolute Gasteiger partial charge is 0.237 e. The molecule has 2 N–H and O–H groups in total. The summed E-state index contributed by atoms with van der Waals surface area (Å²) in [5.41, 5.74) is 7.55. The summed E-state index contributed by atoms with van der Waals surface area (Å²) in [7, 11) is 3.47. The van der Waals surface area contributed by atoms with Gasteiger partial charge in [-0.2, -0.15) is 0 Å². The van der Waals surface area contributed by atoms with E-state index in [4.69, 9.17) is 10.5 Å². The van der Waals surface area contributed by atoms with Crippen LogP contribution in [0.3, 0.4) is 0 Å². The number of nitrogens with zero attached hydrogens (tertiary/aromatic N) is 2. The standard InChI is InChI=1S/C7H13N3O/c1-5-6(4-8)7(11-3)9-10(5)2/h4,8H2,1-3H3. The van der Waals surface area contributed by atoms with Crippen molar-refractivity contribution in [1.29, 1.82) is 0 Å². The molecule has 1 rings (SSSR count). The van der Waals surface area contributed by atoms with E-state index in [1.54, 1.807) is 11.8 Å². The Labute approximate surface area is 66.0 Å². The van der Waals surface area contributed by atoms with Crippen molar-refractivity contribution in [3.8, 4) is 5.88 Å². The minimum atomic E-state index is 0.475. The molecule has 0 unspecified atom stereocenters. The Hall–Kier alpha value is -1.03. The summed E-state index contributed by atoms with van der Waals surface area (Å²) in [4.78, 5) is 0. The van der Waals surface area contributed by atoms with E-state index >= 15 is 0 Å². The quantitative estimate of drug-likeness (QED) is 0.663. The molecule has 0 aliphatic rings. The average molecular weight is 155 g/mol. The van der Waals surface area contributed by atoms with Crippen molar-refractivity contribution < 1.29 is 4.74 Å². The number of ether oxygens (including phenoxy) is 1. The second-order valence-corrected chi connectivity index (χ2v) is 2.40. The number of aryl methyl sites for hydroxylation is 1. The van der Waals surface area contributed by atoms with E-state index in [0.29, 0.717) is 12.4 Å². The maximum atomic E-state index is 5.51. The lowest BCUT2D eigenvalue weighted by Gasteiger charge is -1.96. The molecule has 1 aromatic heterocycles. The first kappa shape index (κ1) is 8.07. The highest BCUT2D eigenvalue weighted by Gasteiger charge is 2.10. The molecule has 0 amide bonds. The third kappa shape index (κ3) is 1.21. The van der Waals surface area contributed by atoms with Gasteiger partial charge in [0, 0.05) is 19.3 Å². The number of rotatable bonds is 2. The highest BCUT2D eigenvalue weighted by molar-refractivity contribution is 5.29. The molecule has 0 atom stereocenters. The van der Waals surface area contributed by atoms with Gasteiger partial charge in [0.2, 0.25) is 5.88 Å². The highest BCUT2D eigenvalue weighted by atomic mass is 16.5. The molecule has 0 aromatic carbocycles. The molecule has 11 heavy (non-hydrogen) atoms. The second-order valence-electron chi connectivity index (χ2n) is 2.40. The van der Waals surface area contributed by atoms with Crippen LogP contribution in [0.15, 0.2) is 0 Å². The molecule has 1 aromatic rings. The monoisotopic (exact) mass is 155 g/mol. The fourth-order valence-electron chi connectivity index (χ4n) is 1.02. The van der Waals surface area contributed by atoms with Gasteiger partial charge >= 0.3 is 0 Å². The van der Waals surface area contributed by atoms with E-state index in [1.807, 2.05) is 14.0 Å². The largest absolute Gasteiger partial charge is 0.480 e. The second kappa shape index (κ2) is 2.92. The lowest BCUT2D eigenvalue weighted by molar-refractivity contribution is 0.388. The molecular formula is C7H13N3O. The van der Waals surface area contributed by atoms with Crippen molar-refractivity contribution in [2.24, 2.45) is 12.8 Å². The van der Waals surface area contributed by atoms with Gasteiger partial charge in [-0.05, 0) is 6.92 Å². The first-order valence-electron chi connectivity index (χ1n) is 3.47. The molecule has 0 bridgehead atoms. The van der Waals surface area contributed by atoms with E-state index in [9.17, 15) is 0 Å². The van der Waals surface area contributed by atoms with Crippen LogP contribution in [0.1, 0.15) is 11.3 Å². The normalized spacial score (nSPS) is 10.2. The van der Waals surface area contributed by atoms with Crippen LogP contribution in [0.5, 0.6) is 5.88 Å². The molecule has 0 saturated heterocycles. The Morgan fingerprint density at radius 1 is 1.64 bits per heavy atom. The van der Waals surface area contributed by atoms with Crippen LogP contribution >= 0.6 is 0 Å². The molecule has 1 heterocycles. The number of methoxy groups -OCH3 is 1. The topological polar surface area (TPSA) is 53.1 Å². The number of aromatic nitrogens is 2. The third-order valence-electron chi connectivity index (χ3n) is 1.82. The minimum Gasteiger partial charge on any atom is -0.480 e. The van der Waals surface area contributed by atoms with E-state index in [-0.39, 0.29) is 0 Å². The number of nitrogens with two attached hydrogens (primary N) is 1. The van der Waals surface area contributed by atoms with Crippen LogP contribution < -0.4 is 10.5 Å². The lowest BCUT2D eigenvalue weighted by atomic mass is 10.2. The van der Waals surface area contributed by atoms with Crippen LogP contribution in [-0.4, -0.2) is 16.9 Å². The van der Waals surface area contributed by atoms with Crippen LogP contribution in [0.2, 0.25) is 0 Å². The highest BCUT2D eigenvalue weighted by Crippen LogP contribution is 2.18. The van der Waals surface area contributed by atoms with E-state index in [1.165, 1.54) is 0 Å². The molecule has 4 heteroatoms. The Kier molecular flexibility index (Phi) is 2.14. The predicted molar refractivity (Wildman–Crippen MR) is 42.4 cm³/mol. The van der Waals surface area contributed by atoms with Gasteiger partial charge in [0.1, 0.15) is 0 Å². The molecule has 0 radical (unpaired) electrons. The molecule has 0 aliphatic carbocycles. The van der Waals surface area contributed by atoms with Crippen molar-refractivity contribution in [3.05, 3.63) is 11.3 Å². The number of hydrogen-bond donors (Lipinski definition) is 1. The predicted octanol–water partition coefficient (Wildman–Crippen LogP) is 0.196. The van der Waals surface area contributed by atoms with Crippen molar-refractivity contribution in [1.82, 2.24) is 9.78 Å². The van der Waals surface area contributed by atoms with Crippen molar-refractivity contribution in [2.75, 3.05) is 7.11 Å². The minimum absolute atomic E-state index is 0.475. The zero-order valence-corrected chi connectivity index (χ0v) is 7.09. The maximum absolute atomic E-state index is 5.51. The summed E-state index contributed by atoms with van der Waals surface area (Å²) in [5, 5.41) is 4.11. The first-order valence-corrected chi connectivity index (χ1v) is 3.47. The van der Waals surface area contributed by atoms with Gasteiger partial charge < -0.3 is 10.5 Å². The fraction of sp³-hybridized carbons (Fsp3) is 0.571. The first-order chi connectivity index (χ1) is 5.20. The van der Waals surface area contributed by atoms with E-state index in [2.05, 4.69) is 5.10 Å². The zero-order valence-electron chi connectivity index (χ0n) is 7.09. The Morgan fingerprint density at radius 2 is 2.27 bits per heavy atom. The molecule has 0 saturated carbocycles. The van der Waals surface area contributed by atoms with Gasteiger partial charge in [-0.15, -0.1) is 5.10 Å². The molecule has 4 nitrogen and oxygen atoms in total. The van der Waals surface area contributed by atoms with E-state index in [0.717, 1.165) is 11.3 Å². The summed E-state index contributed by atoms with van der Waals surface area (Å²) < 4.78 is 6.79. The van der Waals surface area contributed by atoms with Gasteiger partial charge in [0.05, 0.1) is 12.7 Å². The Bertz CT molecular complexity index is 254. The summed E-state index contributed by atoms with van der Waals surface area (Å²) in [6.07, 6.45) is 0. The van der Waals surface area contributed by atoms with Crippen LogP contribution in [0, 0.1) is 6.92 Å². The van der Waals surface area contributed by atoms with Crippen LogP contribution in [0.25, 0.3) is 0 Å². The summed E-state index contributed by atoms with van der Waals surface area (Å²) in [6.45, 7) is 2.44. The van der Waals surface area contributed by atoms with Crippen LogP contribution in [0.4, 0.5) is 0 Å². The third-order valence-corrected chi connectivity index (χ3v) is 1.82. The molecule has 0 aliphatic heterocycles. The molecular weight excluding hydrogens is 142 g/mol. The van der Waals surface area contributed by atoms with Gasteiger partial charge in [0.25, 0.3) is 0 Å². The maximum Gasteiger partial charge on any atom is 0.237 e. The number of hydrogen-bond acceptors (Lipinski definition) is 3. The zero-order chi connectivity index (χ0) is 8.43. The molecule has 0 fully saturated rings. The fourth-order valence-corrected chi connectivity index (χ4v) is 1.02. The summed E-state index contributed by atoms with van der Waals surface area (Å²) >= 11 is 0. The van der Waals surface area contributed by atoms with E-state index < -0.39 is 0 Å². The lowest BCUT2D eigenvalue weighted by Crippen LogP contribution is -2.00. The van der Waals surface area contributed by atoms with Crippen molar-refractivity contribution in [3.63, 3.8) is 0 Å². The summed E-state index contributed by atoms with van der Waals surface area (Å²) in [5.74, 6) is 0.632. The van der Waals surface area contributed by atoms with Crippen LogP contribution in [-0.2, 0) is 13.6 Å². The van der Waals surface area contributed by atoms with Gasteiger partial charge in [-0.3, -0.25) is 4.68 Å². The van der Waals surface area contributed by atoms with Gasteiger partial charge in [-0.25, -0.2) is 0 Å². The van der Waals surface area contributed by atoms with Crippen molar-refractivity contribution >= 4 is 0 Å². The summed E-state index contributed by atoms with van der Waals surface area (Å²) in [6, 6.07) is 0. The SMILES string of the molecule is COc1nn(C)c(C)c1CN. The molecule has 0 spiro atoms. The Morgan fingerprint density at radius 3 is 2.64 bits per heavy atom. The molecule has 62 valence electrons. The van der Waals surface area contributed by atoms with Gasteiger partial charge in [-0.1, -0.05) is 0 Å². The van der Waals surface area contributed by atoms with Gasteiger partial charge in [0.15, 0.2) is 0 Å². The average Bonchev–Trinajstić information content (AvgIpc) is 2.28. The Balaban J connectivity index is 3.15.